The Bertz CT molecular complexity index is 481. The molecule has 3 N–H and O–H groups in total. The Morgan fingerprint density at radius 2 is 1.90 bits per heavy atom. The number of halogens is 2. The predicted octanol–water partition coefficient (Wildman–Crippen LogP) is 1.95. The third-order valence-corrected chi connectivity index (χ3v) is 3.00. The minimum atomic E-state index is -3.20. The second-order valence-electron chi connectivity index (χ2n) is 4.65. The average molecular weight is 301 g/mol. The molecule has 1 aromatic rings. The summed E-state index contributed by atoms with van der Waals surface area (Å²) in [6.07, 6.45) is -3.94. The van der Waals surface area contributed by atoms with Gasteiger partial charge in [-0.3, -0.25) is 4.79 Å². The number of esters is 1. The Labute approximate surface area is 120 Å². The molecule has 0 aliphatic heterocycles. The van der Waals surface area contributed by atoms with Gasteiger partial charge in [0.05, 0.1) is 0 Å². The zero-order chi connectivity index (χ0) is 15.9. The van der Waals surface area contributed by atoms with Crippen LogP contribution in [0.2, 0.25) is 0 Å². The van der Waals surface area contributed by atoms with Crippen LogP contribution < -0.4 is 5.73 Å². The number of hydrogen-bond acceptors (Lipinski definition) is 4. The smallest absolute Gasteiger partial charge is 0.329 e. The van der Waals surface area contributed by atoms with E-state index in [9.17, 15) is 18.4 Å². The van der Waals surface area contributed by atoms with Crippen LogP contribution in [-0.4, -0.2) is 29.0 Å². The van der Waals surface area contributed by atoms with Crippen molar-refractivity contribution in [1.29, 1.82) is 0 Å². The van der Waals surface area contributed by atoms with Crippen LogP contribution in [0.25, 0.3) is 0 Å². The average Bonchev–Trinajstić information content (AvgIpc) is 2.45. The lowest BCUT2D eigenvalue weighted by atomic mass is 9.94. The van der Waals surface area contributed by atoms with E-state index in [2.05, 4.69) is 0 Å². The molecular formula is C14H17F2NO4. The summed E-state index contributed by atoms with van der Waals surface area (Å²) in [5.41, 5.74) is 3.31. The molecule has 5 nitrogen and oxygen atoms in total. The summed E-state index contributed by atoms with van der Waals surface area (Å²) in [5.74, 6) is -2.36. The molecular weight excluding hydrogens is 284 g/mol. The molecule has 7 heteroatoms. The first-order chi connectivity index (χ1) is 9.86. The third-order valence-electron chi connectivity index (χ3n) is 3.00. The Morgan fingerprint density at radius 3 is 2.43 bits per heavy atom. The van der Waals surface area contributed by atoms with Crippen molar-refractivity contribution in [2.45, 2.75) is 37.8 Å². The summed E-state index contributed by atoms with van der Waals surface area (Å²) in [6, 6.07) is 8.96. The molecule has 0 fully saturated rings. The first-order valence-corrected chi connectivity index (χ1v) is 6.36. The number of carbonyl (C=O) groups excluding carboxylic acids is 1. The van der Waals surface area contributed by atoms with Gasteiger partial charge in [0.1, 0.15) is 6.61 Å². The number of carboxylic acids is 1. The Kier molecular flexibility index (Phi) is 6.23. The lowest BCUT2D eigenvalue weighted by molar-refractivity contribution is -0.151. The molecule has 0 aliphatic carbocycles. The van der Waals surface area contributed by atoms with E-state index in [1.165, 1.54) is 0 Å². The minimum absolute atomic E-state index is 0.0826. The lowest BCUT2D eigenvalue weighted by Crippen LogP contribution is -2.54. The van der Waals surface area contributed by atoms with Crippen LogP contribution in [0, 0.1) is 0 Å². The molecule has 1 rings (SSSR count). The summed E-state index contributed by atoms with van der Waals surface area (Å²) in [4.78, 5) is 22.2. The van der Waals surface area contributed by atoms with E-state index < -0.39 is 30.3 Å². The highest BCUT2D eigenvalue weighted by molar-refractivity contribution is 5.79. The molecule has 1 atom stereocenters. The van der Waals surface area contributed by atoms with E-state index in [4.69, 9.17) is 15.6 Å². The van der Waals surface area contributed by atoms with Crippen LogP contribution in [0.3, 0.4) is 0 Å². The predicted molar refractivity (Wildman–Crippen MR) is 70.6 cm³/mol. The third kappa shape index (κ3) is 5.11. The summed E-state index contributed by atoms with van der Waals surface area (Å²) in [6.45, 7) is 0.0845. The molecule has 0 heterocycles. The van der Waals surface area contributed by atoms with Crippen LogP contribution >= 0.6 is 0 Å². The van der Waals surface area contributed by atoms with Crippen LogP contribution in [0.1, 0.15) is 24.8 Å². The van der Waals surface area contributed by atoms with E-state index in [0.29, 0.717) is 0 Å². The lowest BCUT2D eigenvalue weighted by Gasteiger charge is -2.23. The molecule has 0 aliphatic rings. The maximum atomic E-state index is 12.6. The van der Waals surface area contributed by atoms with Crippen molar-refractivity contribution in [3.8, 4) is 0 Å². The van der Waals surface area contributed by atoms with Crippen molar-refractivity contribution in [1.82, 2.24) is 0 Å². The Hall–Kier alpha value is -2.02. The quantitative estimate of drug-likeness (QED) is 0.716. The fourth-order valence-corrected chi connectivity index (χ4v) is 1.64. The molecule has 1 unspecified atom stereocenters. The van der Waals surface area contributed by atoms with Crippen LogP contribution in [0.4, 0.5) is 8.78 Å². The molecule has 1 aromatic carbocycles. The van der Waals surface area contributed by atoms with Crippen LogP contribution in [-0.2, 0) is 20.9 Å². The number of aliphatic carboxylic acids is 1. The Balaban J connectivity index is 2.35. The molecule has 0 bridgehead atoms. The first-order valence-electron chi connectivity index (χ1n) is 6.36. The number of hydrogen-bond donors (Lipinski definition) is 2. The minimum Gasteiger partial charge on any atom is -0.480 e. The maximum Gasteiger partial charge on any atom is 0.329 e. The first kappa shape index (κ1) is 17.0. The van der Waals surface area contributed by atoms with Crippen LogP contribution in [0.5, 0.6) is 0 Å². The van der Waals surface area contributed by atoms with E-state index >= 15 is 0 Å². The van der Waals surface area contributed by atoms with E-state index in [0.717, 1.165) is 5.56 Å². The maximum absolute atomic E-state index is 12.6. The van der Waals surface area contributed by atoms with Gasteiger partial charge in [0.2, 0.25) is 0 Å². The van der Waals surface area contributed by atoms with Crippen molar-refractivity contribution in [3.05, 3.63) is 35.9 Å². The van der Waals surface area contributed by atoms with Gasteiger partial charge in [-0.05, 0) is 18.4 Å². The summed E-state index contributed by atoms with van der Waals surface area (Å²) < 4.78 is 30.2. The highest BCUT2D eigenvalue weighted by atomic mass is 19.3. The summed E-state index contributed by atoms with van der Waals surface area (Å²) in [7, 11) is 0. The van der Waals surface area contributed by atoms with Crippen molar-refractivity contribution in [2.75, 3.05) is 0 Å². The molecule has 0 amide bonds. The van der Waals surface area contributed by atoms with Gasteiger partial charge in [0, 0.05) is 6.42 Å². The van der Waals surface area contributed by atoms with Gasteiger partial charge in [-0.25, -0.2) is 13.6 Å². The van der Waals surface area contributed by atoms with Crippen molar-refractivity contribution < 1.29 is 28.2 Å². The summed E-state index contributed by atoms with van der Waals surface area (Å²) >= 11 is 0. The second kappa shape index (κ2) is 7.68. The van der Waals surface area contributed by atoms with E-state index in [-0.39, 0.29) is 19.4 Å². The topological polar surface area (TPSA) is 89.6 Å². The highest BCUT2D eigenvalue weighted by Crippen LogP contribution is 2.20. The number of ether oxygens (including phenoxy) is 1. The van der Waals surface area contributed by atoms with Gasteiger partial charge in [0.25, 0.3) is 6.43 Å². The molecule has 0 saturated heterocycles. The molecule has 21 heavy (non-hydrogen) atoms. The number of carbonyl (C=O) groups is 2. The number of nitrogens with two attached hydrogens (primary N) is 1. The number of alkyl halides is 2. The summed E-state index contributed by atoms with van der Waals surface area (Å²) in [5, 5.41) is 8.70. The van der Waals surface area contributed by atoms with Crippen LogP contribution in [0.15, 0.2) is 30.3 Å². The fraction of sp³-hybridized carbons (Fsp3) is 0.429. The standard InChI is InChI=1S/C14H17F2NO4/c15-12(16)14(17,13(19)20)8-4-7-11(18)21-9-10-5-2-1-3-6-10/h1-3,5-6,12H,4,7-9,17H2,(H,19,20). The molecule has 116 valence electrons. The SMILES string of the molecule is NC(CCCC(=O)OCc1ccccc1)(C(=O)O)C(F)F. The van der Waals surface area contributed by atoms with Crippen molar-refractivity contribution >= 4 is 11.9 Å². The normalized spacial score (nSPS) is 13.7. The number of carboxylic acid groups (broad SMARTS) is 1. The van der Waals surface area contributed by atoms with Gasteiger partial charge in [-0.15, -0.1) is 0 Å². The van der Waals surface area contributed by atoms with Gasteiger partial charge in [-0.2, -0.15) is 0 Å². The number of rotatable bonds is 8. The zero-order valence-electron chi connectivity index (χ0n) is 11.3. The fourth-order valence-electron chi connectivity index (χ4n) is 1.64. The largest absolute Gasteiger partial charge is 0.480 e. The monoisotopic (exact) mass is 301 g/mol. The zero-order valence-corrected chi connectivity index (χ0v) is 11.3. The van der Waals surface area contributed by atoms with Gasteiger partial charge < -0.3 is 15.6 Å². The van der Waals surface area contributed by atoms with E-state index in [1.807, 2.05) is 6.07 Å². The highest BCUT2D eigenvalue weighted by Gasteiger charge is 2.43. The van der Waals surface area contributed by atoms with Crippen molar-refractivity contribution in [2.24, 2.45) is 5.73 Å². The Morgan fingerprint density at radius 1 is 1.29 bits per heavy atom. The molecule has 0 aromatic heterocycles. The molecule has 0 spiro atoms. The van der Waals surface area contributed by atoms with Gasteiger partial charge >= 0.3 is 11.9 Å². The number of benzene rings is 1. The van der Waals surface area contributed by atoms with Crippen molar-refractivity contribution in [3.63, 3.8) is 0 Å². The molecule has 0 saturated carbocycles. The molecule has 0 radical (unpaired) electrons. The second-order valence-corrected chi connectivity index (χ2v) is 4.65. The van der Waals surface area contributed by atoms with E-state index in [1.54, 1.807) is 24.3 Å². The van der Waals surface area contributed by atoms with Gasteiger partial charge in [0.15, 0.2) is 5.54 Å². The van der Waals surface area contributed by atoms with Gasteiger partial charge in [-0.1, -0.05) is 30.3 Å².